The molecule has 0 bridgehead atoms. The van der Waals surface area contributed by atoms with Crippen molar-refractivity contribution in [3.8, 4) is 0 Å². The fraction of sp³-hybridized carbons (Fsp3) is 0.708. The Kier molecular flexibility index (Phi) is 11.4. The van der Waals surface area contributed by atoms with Gasteiger partial charge in [0.15, 0.2) is 0 Å². The van der Waals surface area contributed by atoms with E-state index in [1.165, 1.54) is 32.6 Å². The second-order valence-electron chi connectivity index (χ2n) is 10.1. The lowest BCUT2D eigenvalue weighted by Gasteiger charge is -2.31. The predicted molar refractivity (Wildman–Crippen MR) is 136 cm³/mol. The van der Waals surface area contributed by atoms with E-state index in [2.05, 4.69) is 26.6 Å². The Labute approximate surface area is 230 Å². The van der Waals surface area contributed by atoms with Crippen LogP contribution >= 0.6 is 0 Å². The summed E-state index contributed by atoms with van der Waals surface area (Å²) in [5, 5.41) is 41.2. The molecule has 2 heterocycles. The maximum atomic E-state index is 13.2. The number of rotatable bonds is 5. The molecule has 0 aromatic heterocycles. The predicted octanol–water partition coefficient (Wildman–Crippen LogP) is -3.92. The van der Waals surface area contributed by atoms with Crippen molar-refractivity contribution in [1.29, 1.82) is 0 Å². The van der Waals surface area contributed by atoms with E-state index in [0.717, 1.165) is 0 Å². The van der Waals surface area contributed by atoms with Gasteiger partial charge in [-0.25, -0.2) is 0 Å². The maximum Gasteiger partial charge on any atom is 0.303 e. The molecule has 0 saturated carbocycles. The largest absolute Gasteiger partial charge is 0.481 e. The van der Waals surface area contributed by atoms with Gasteiger partial charge in [0.25, 0.3) is 0 Å². The lowest BCUT2D eigenvalue weighted by Crippen LogP contribution is -2.63. The first-order valence-corrected chi connectivity index (χ1v) is 13.0. The van der Waals surface area contributed by atoms with E-state index in [4.69, 9.17) is 5.11 Å². The Bertz CT molecular complexity index is 1020. The molecule has 8 N–H and O–H groups in total. The molecular weight excluding hydrogens is 532 g/mol. The SMILES string of the molecule is C[C@@H]1NC(=O)[C@H]([C@@H](C)O)NC(=O)[C@@H]2CCCN2C(=O)[C@H](C)NC(=O)[C@H]([C@@H](C)O)NC(=O)[C@H](CCC(=O)O)NC1=O. The highest BCUT2D eigenvalue weighted by atomic mass is 16.4. The number of carboxylic acid groups (broad SMARTS) is 1. The molecule has 2 saturated heterocycles. The third kappa shape index (κ3) is 8.35. The van der Waals surface area contributed by atoms with Crippen LogP contribution in [0.25, 0.3) is 0 Å². The highest BCUT2D eigenvalue weighted by molar-refractivity contribution is 5.98. The van der Waals surface area contributed by atoms with Crippen LogP contribution in [0.15, 0.2) is 0 Å². The van der Waals surface area contributed by atoms with Gasteiger partial charge in [-0.1, -0.05) is 0 Å². The van der Waals surface area contributed by atoms with E-state index in [-0.39, 0.29) is 19.4 Å². The molecule has 2 aliphatic rings. The molecule has 2 rings (SSSR count). The van der Waals surface area contributed by atoms with Crippen LogP contribution in [0, 0.1) is 0 Å². The minimum Gasteiger partial charge on any atom is -0.481 e. The van der Waals surface area contributed by atoms with E-state index in [0.29, 0.717) is 6.42 Å². The van der Waals surface area contributed by atoms with Crippen molar-refractivity contribution in [1.82, 2.24) is 31.5 Å². The summed E-state index contributed by atoms with van der Waals surface area (Å²) in [7, 11) is 0. The van der Waals surface area contributed by atoms with Crippen molar-refractivity contribution >= 4 is 41.4 Å². The van der Waals surface area contributed by atoms with Gasteiger partial charge in [0, 0.05) is 13.0 Å². The Morgan fingerprint density at radius 2 is 1.32 bits per heavy atom. The number of nitrogens with zero attached hydrogens (tertiary/aromatic N) is 1. The first-order chi connectivity index (χ1) is 18.6. The van der Waals surface area contributed by atoms with Gasteiger partial charge in [-0.2, -0.15) is 0 Å². The molecule has 0 aromatic rings. The van der Waals surface area contributed by atoms with E-state index < -0.39 is 96.3 Å². The highest BCUT2D eigenvalue weighted by Gasteiger charge is 2.40. The second kappa shape index (κ2) is 14.0. The van der Waals surface area contributed by atoms with E-state index in [1.54, 1.807) is 0 Å². The number of fused-ring (bicyclic) bond motifs is 1. The van der Waals surface area contributed by atoms with Crippen LogP contribution in [0.5, 0.6) is 0 Å². The zero-order chi connectivity index (χ0) is 30.3. The summed E-state index contributed by atoms with van der Waals surface area (Å²) in [6.45, 7) is 5.27. The summed E-state index contributed by atoms with van der Waals surface area (Å²) in [6.07, 6.45) is -3.05. The van der Waals surface area contributed by atoms with Gasteiger partial charge < -0.3 is 46.8 Å². The molecule has 16 heteroatoms. The van der Waals surface area contributed by atoms with Crippen molar-refractivity contribution in [3.05, 3.63) is 0 Å². The molecule has 6 amide bonds. The van der Waals surface area contributed by atoms with Gasteiger partial charge in [-0.3, -0.25) is 33.6 Å². The van der Waals surface area contributed by atoms with Gasteiger partial charge in [0.1, 0.15) is 36.3 Å². The lowest BCUT2D eigenvalue weighted by molar-refractivity contribution is -0.143. The third-order valence-electron chi connectivity index (χ3n) is 6.72. The number of hydrogen-bond acceptors (Lipinski definition) is 9. The van der Waals surface area contributed by atoms with Gasteiger partial charge in [0.05, 0.1) is 12.2 Å². The van der Waals surface area contributed by atoms with Crippen LogP contribution in [0.2, 0.25) is 0 Å². The summed E-state index contributed by atoms with van der Waals surface area (Å²) < 4.78 is 0. The van der Waals surface area contributed by atoms with E-state index in [9.17, 15) is 43.8 Å². The quantitative estimate of drug-likeness (QED) is 0.160. The number of carbonyl (C=O) groups excluding carboxylic acids is 6. The zero-order valence-electron chi connectivity index (χ0n) is 22.8. The number of aliphatic carboxylic acids is 1. The standard InChI is InChI=1S/C24H38N6O10/c1-10-19(35)27-14(7-8-16(33)34)20(36)28-17(12(3)31)23(39)26-11(2)24(40)30-9-5-6-15(30)21(37)29-18(13(4)32)22(38)25-10/h10-15,17-18,31-32H,5-9H2,1-4H3,(H,25,38)(H,26,39)(H,27,35)(H,28,36)(H,29,37)(H,33,34)/t10-,11-,12+,13+,14-,15-,17-,18-/m0/s1. The monoisotopic (exact) mass is 570 g/mol. The molecule has 8 atom stereocenters. The summed E-state index contributed by atoms with van der Waals surface area (Å²) in [5.41, 5.74) is 0. The third-order valence-corrected chi connectivity index (χ3v) is 6.72. The summed E-state index contributed by atoms with van der Waals surface area (Å²) >= 11 is 0. The van der Waals surface area contributed by atoms with Crippen LogP contribution < -0.4 is 26.6 Å². The molecule has 0 aliphatic carbocycles. The van der Waals surface area contributed by atoms with Crippen LogP contribution in [0.4, 0.5) is 0 Å². The molecule has 0 radical (unpaired) electrons. The van der Waals surface area contributed by atoms with Gasteiger partial charge in [-0.15, -0.1) is 0 Å². The van der Waals surface area contributed by atoms with Crippen molar-refractivity contribution in [2.75, 3.05) is 6.54 Å². The molecule has 2 aliphatic heterocycles. The number of aliphatic hydroxyl groups is 2. The van der Waals surface area contributed by atoms with Crippen LogP contribution in [-0.4, -0.2) is 117 Å². The molecule has 0 unspecified atom stereocenters. The Hall–Kier alpha value is -3.79. The maximum absolute atomic E-state index is 13.2. The molecule has 2 fully saturated rings. The van der Waals surface area contributed by atoms with Crippen molar-refractivity contribution in [2.45, 2.75) is 102 Å². The minimum absolute atomic E-state index is 0.182. The summed E-state index contributed by atoms with van der Waals surface area (Å²) in [6, 6.07) is -8.03. The number of carboxylic acids is 1. The summed E-state index contributed by atoms with van der Waals surface area (Å²) in [4.78, 5) is 90.3. The number of nitrogens with one attached hydrogen (secondary N) is 5. The van der Waals surface area contributed by atoms with Crippen LogP contribution in [-0.2, 0) is 33.6 Å². The second-order valence-corrected chi connectivity index (χ2v) is 10.1. The first kappa shape index (κ1) is 32.4. The average molecular weight is 571 g/mol. The molecule has 224 valence electrons. The Morgan fingerprint density at radius 3 is 1.85 bits per heavy atom. The molecule has 0 aromatic carbocycles. The normalized spacial score (nSPS) is 30.9. The summed E-state index contributed by atoms with van der Waals surface area (Å²) in [5.74, 6) is -6.32. The first-order valence-electron chi connectivity index (χ1n) is 13.0. The van der Waals surface area contributed by atoms with Gasteiger partial charge in [-0.05, 0) is 47.0 Å². The lowest BCUT2D eigenvalue weighted by atomic mass is 10.1. The molecular formula is C24H38N6O10. The molecule has 40 heavy (non-hydrogen) atoms. The zero-order valence-corrected chi connectivity index (χ0v) is 22.8. The van der Waals surface area contributed by atoms with Crippen LogP contribution in [0.1, 0.15) is 53.4 Å². The highest BCUT2D eigenvalue weighted by Crippen LogP contribution is 2.19. The van der Waals surface area contributed by atoms with Crippen molar-refractivity contribution < 1.29 is 48.9 Å². The number of hydrogen-bond donors (Lipinski definition) is 8. The van der Waals surface area contributed by atoms with Crippen molar-refractivity contribution in [3.63, 3.8) is 0 Å². The van der Waals surface area contributed by atoms with Gasteiger partial charge in [0.2, 0.25) is 35.4 Å². The minimum atomic E-state index is -1.58. The topological polar surface area (TPSA) is 244 Å². The Balaban J connectivity index is 2.45. The van der Waals surface area contributed by atoms with Gasteiger partial charge >= 0.3 is 5.97 Å². The number of carbonyl (C=O) groups is 7. The fourth-order valence-corrected chi connectivity index (χ4v) is 4.43. The fourth-order valence-electron chi connectivity index (χ4n) is 4.43. The molecule has 16 nitrogen and oxygen atoms in total. The average Bonchev–Trinajstić information content (AvgIpc) is 3.36. The van der Waals surface area contributed by atoms with Crippen LogP contribution in [0.3, 0.4) is 0 Å². The number of aliphatic hydroxyl groups excluding tert-OH is 2. The van der Waals surface area contributed by atoms with Crippen molar-refractivity contribution in [2.24, 2.45) is 0 Å². The van der Waals surface area contributed by atoms with E-state index >= 15 is 0 Å². The smallest absolute Gasteiger partial charge is 0.303 e. The van der Waals surface area contributed by atoms with E-state index in [1.807, 2.05) is 0 Å². The Morgan fingerprint density at radius 1 is 0.800 bits per heavy atom. The molecule has 0 spiro atoms. The number of amides is 6.